The summed E-state index contributed by atoms with van der Waals surface area (Å²) in [7, 11) is 0. The fourth-order valence-electron chi connectivity index (χ4n) is 3.22. The molecule has 126 valence electrons. The van der Waals surface area contributed by atoms with Gasteiger partial charge in [-0.3, -0.25) is 4.79 Å². The van der Waals surface area contributed by atoms with Crippen molar-refractivity contribution >= 4 is 29.2 Å². The molecule has 0 aliphatic carbocycles. The number of rotatable bonds is 5. The van der Waals surface area contributed by atoms with Gasteiger partial charge >= 0.3 is 5.97 Å². The normalized spacial score (nSPS) is 11.3. The number of carboxylic acids is 1. The lowest BCUT2D eigenvalue weighted by atomic mass is 9.67. The van der Waals surface area contributed by atoms with Gasteiger partial charge in [-0.1, -0.05) is 77.8 Å². The van der Waals surface area contributed by atoms with Gasteiger partial charge in [0.15, 0.2) is 0 Å². The van der Waals surface area contributed by atoms with Gasteiger partial charge in [0, 0.05) is 10.0 Å². The quantitative estimate of drug-likeness (QED) is 0.576. The number of hydrogen-bond acceptors (Lipinski definition) is 1. The number of aliphatic carboxylic acids is 1. The summed E-state index contributed by atoms with van der Waals surface area (Å²) in [4.78, 5) is 11.8. The summed E-state index contributed by atoms with van der Waals surface area (Å²) in [6.45, 7) is 0. The number of carbonyl (C=O) groups is 1. The number of benzene rings is 3. The van der Waals surface area contributed by atoms with E-state index in [0.29, 0.717) is 10.0 Å². The van der Waals surface area contributed by atoms with E-state index in [1.54, 1.807) is 24.3 Å². The van der Waals surface area contributed by atoms with Gasteiger partial charge in [0.05, 0.1) is 11.8 Å². The average molecular weight is 371 g/mol. The van der Waals surface area contributed by atoms with Crippen molar-refractivity contribution in [2.24, 2.45) is 0 Å². The van der Waals surface area contributed by atoms with Gasteiger partial charge in [-0.2, -0.15) is 0 Å². The van der Waals surface area contributed by atoms with Crippen LogP contribution in [-0.2, 0) is 10.2 Å². The van der Waals surface area contributed by atoms with E-state index < -0.39 is 11.4 Å². The lowest BCUT2D eigenvalue weighted by Crippen LogP contribution is -2.32. The van der Waals surface area contributed by atoms with Crippen molar-refractivity contribution in [1.82, 2.24) is 0 Å². The smallest absolute Gasteiger partial charge is 0.304 e. The molecule has 3 aromatic carbocycles. The maximum Gasteiger partial charge on any atom is 0.304 e. The Bertz CT molecular complexity index is 811. The third-order valence-electron chi connectivity index (χ3n) is 4.36. The molecular weight excluding hydrogens is 355 g/mol. The first kappa shape index (κ1) is 17.5. The Morgan fingerprint density at radius 2 is 1.12 bits per heavy atom. The Hall–Kier alpha value is -2.29. The Morgan fingerprint density at radius 3 is 1.52 bits per heavy atom. The van der Waals surface area contributed by atoms with E-state index in [-0.39, 0.29) is 6.42 Å². The SMILES string of the molecule is O=C(O)CC(c1ccccc1)(c1ccc(Cl)cc1)c1ccc(Cl)cc1. The summed E-state index contributed by atoms with van der Waals surface area (Å²) in [5, 5.41) is 10.9. The fraction of sp³-hybridized carbons (Fsp3) is 0.0952. The monoisotopic (exact) mass is 370 g/mol. The second-order valence-corrected chi connectivity index (χ2v) is 6.73. The predicted octanol–water partition coefficient (Wildman–Crippen LogP) is 5.80. The van der Waals surface area contributed by atoms with Crippen LogP contribution in [0.15, 0.2) is 78.9 Å². The topological polar surface area (TPSA) is 37.3 Å². The van der Waals surface area contributed by atoms with E-state index >= 15 is 0 Å². The fourth-order valence-corrected chi connectivity index (χ4v) is 3.48. The van der Waals surface area contributed by atoms with E-state index in [9.17, 15) is 9.90 Å². The van der Waals surface area contributed by atoms with Crippen LogP contribution in [0.2, 0.25) is 10.0 Å². The standard InChI is InChI=1S/C21H16Cl2O2/c22-18-10-6-16(7-11-18)21(14-20(24)25,15-4-2-1-3-5-15)17-8-12-19(23)13-9-17/h1-13H,14H2,(H,24,25). The number of carboxylic acid groups (broad SMARTS) is 1. The highest BCUT2D eigenvalue weighted by Gasteiger charge is 2.38. The van der Waals surface area contributed by atoms with Crippen LogP contribution in [0.25, 0.3) is 0 Å². The minimum atomic E-state index is -0.881. The molecule has 0 radical (unpaired) electrons. The molecule has 0 aliphatic heterocycles. The summed E-state index contributed by atoms with van der Waals surface area (Å²) < 4.78 is 0. The highest BCUT2D eigenvalue weighted by atomic mass is 35.5. The van der Waals surface area contributed by atoms with Gasteiger partial charge in [-0.15, -0.1) is 0 Å². The molecule has 0 aliphatic rings. The van der Waals surface area contributed by atoms with Crippen LogP contribution in [0.1, 0.15) is 23.1 Å². The predicted molar refractivity (Wildman–Crippen MR) is 101 cm³/mol. The molecule has 0 spiro atoms. The van der Waals surface area contributed by atoms with Crippen LogP contribution < -0.4 is 0 Å². The minimum Gasteiger partial charge on any atom is -0.481 e. The lowest BCUT2D eigenvalue weighted by Gasteiger charge is -2.34. The first-order valence-electron chi connectivity index (χ1n) is 7.82. The molecule has 0 atom stereocenters. The summed E-state index contributed by atoms with van der Waals surface area (Å²) in [5.41, 5.74) is 1.81. The lowest BCUT2D eigenvalue weighted by molar-refractivity contribution is -0.137. The zero-order chi connectivity index (χ0) is 17.9. The molecule has 0 unspecified atom stereocenters. The van der Waals surface area contributed by atoms with Gasteiger partial charge in [0.25, 0.3) is 0 Å². The molecule has 0 bridgehead atoms. The zero-order valence-electron chi connectivity index (χ0n) is 13.3. The molecule has 0 saturated carbocycles. The molecule has 0 saturated heterocycles. The van der Waals surface area contributed by atoms with E-state index in [2.05, 4.69) is 0 Å². The average Bonchev–Trinajstić information content (AvgIpc) is 2.62. The van der Waals surface area contributed by atoms with Gasteiger partial charge in [0.2, 0.25) is 0 Å². The van der Waals surface area contributed by atoms with Crippen LogP contribution in [0.3, 0.4) is 0 Å². The molecule has 3 rings (SSSR count). The van der Waals surface area contributed by atoms with Gasteiger partial charge in [0.1, 0.15) is 0 Å². The molecule has 0 aromatic heterocycles. The molecule has 0 heterocycles. The summed E-state index contributed by atoms with van der Waals surface area (Å²) >= 11 is 12.1. The number of hydrogen-bond donors (Lipinski definition) is 1. The first-order valence-corrected chi connectivity index (χ1v) is 8.57. The third kappa shape index (κ3) is 3.55. The third-order valence-corrected chi connectivity index (χ3v) is 4.86. The van der Waals surface area contributed by atoms with E-state index in [1.165, 1.54) is 0 Å². The molecular formula is C21H16Cl2O2. The molecule has 3 aromatic rings. The van der Waals surface area contributed by atoms with Gasteiger partial charge in [-0.25, -0.2) is 0 Å². The van der Waals surface area contributed by atoms with Crippen molar-refractivity contribution in [1.29, 1.82) is 0 Å². The maximum atomic E-state index is 11.8. The summed E-state index contributed by atoms with van der Waals surface area (Å²) in [5.74, 6) is -0.881. The highest BCUT2D eigenvalue weighted by molar-refractivity contribution is 6.30. The molecule has 0 fully saturated rings. The van der Waals surface area contributed by atoms with Crippen molar-refractivity contribution in [2.45, 2.75) is 11.8 Å². The molecule has 2 nitrogen and oxygen atoms in total. The highest BCUT2D eigenvalue weighted by Crippen LogP contribution is 2.42. The largest absolute Gasteiger partial charge is 0.481 e. The molecule has 0 amide bonds. The van der Waals surface area contributed by atoms with Crippen LogP contribution in [0.4, 0.5) is 0 Å². The second kappa shape index (κ2) is 7.30. The van der Waals surface area contributed by atoms with E-state index in [0.717, 1.165) is 16.7 Å². The van der Waals surface area contributed by atoms with Crippen molar-refractivity contribution in [3.63, 3.8) is 0 Å². The van der Waals surface area contributed by atoms with Crippen LogP contribution >= 0.6 is 23.2 Å². The maximum absolute atomic E-state index is 11.8. The van der Waals surface area contributed by atoms with Crippen molar-refractivity contribution < 1.29 is 9.90 Å². The van der Waals surface area contributed by atoms with E-state index in [1.807, 2.05) is 54.6 Å². The number of halogens is 2. The van der Waals surface area contributed by atoms with Crippen LogP contribution in [0.5, 0.6) is 0 Å². The first-order chi connectivity index (χ1) is 12.0. The van der Waals surface area contributed by atoms with Crippen LogP contribution in [-0.4, -0.2) is 11.1 Å². The Morgan fingerprint density at radius 1 is 0.720 bits per heavy atom. The van der Waals surface area contributed by atoms with Crippen molar-refractivity contribution in [3.05, 3.63) is 106 Å². The Balaban J connectivity index is 2.32. The van der Waals surface area contributed by atoms with Crippen molar-refractivity contribution in [2.75, 3.05) is 0 Å². The summed E-state index contributed by atoms with van der Waals surface area (Å²) in [6, 6.07) is 24.3. The zero-order valence-corrected chi connectivity index (χ0v) is 14.8. The van der Waals surface area contributed by atoms with E-state index in [4.69, 9.17) is 23.2 Å². The Kier molecular flexibility index (Phi) is 5.12. The molecule has 25 heavy (non-hydrogen) atoms. The van der Waals surface area contributed by atoms with Gasteiger partial charge < -0.3 is 5.11 Å². The summed E-state index contributed by atoms with van der Waals surface area (Å²) in [6.07, 6.45) is -0.0831. The Labute approximate surface area is 156 Å². The van der Waals surface area contributed by atoms with Gasteiger partial charge in [-0.05, 0) is 41.0 Å². The molecule has 4 heteroatoms. The minimum absolute atomic E-state index is 0.0831. The van der Waals surface area contributed by atoms with Crippen LogP contribution in [0, 0.1) is 0 Å². The second-order valence-electron chi connectivity index (χ2n) is 5.86. The van der Waals surface area contributed by atoms with Crippen molar-refractivity contribution in [3.8, 4) is 0 Å². The molecule has 1 N–H and O–H groups in total.